The van der Waals surface area contributed by atoms with Gasteiger partial charge in [-0.05, 0) is 30.6 Å². The Bertz CT molecular complexity index is 86.0. The van der Waals surface area contributed by atoms with Gasteiger partial charge in [0.05, 0.1) is 0 Å². The molecule has 0 bridgehead atoms. The fraction of sp³-hybridized carbons (Fsp3) is 1.00. The van der Waals surface area contributed by atoms with Gasteiger partial charge in [0, 0.05) is 0 Å². The molecule has 0 spiro atoms. The third kappa shape index (κ3) is 0.427. The lowest BCUT2D eigenvalue weighted by atomic mass is 10.1. The molecule has 2 saturated carbocycles. The quantitative estimate of drug-likeness (QED) is 0.433. The summed E-state index contributed by atoms with van der Waals surface area (Å²) >= 11 is 0. The second kappa shape index (κ2) is 1.04. The smallest absolute Gasteiger partial charge is 0.0357 e. The summed E-state index contributed by atoms with van der Waals surface area (Å²) in [5.74, 6) is 3.46. The first-order valence-electron chi connectivity index (χ1n) is 3.38. The monoisotopic (exact) mass is 96.1 g/mol. The molecule has 2 aliphatic carbocycles. The molecule has 0 saturated heterocycles. The van der Waals surface area contributed by atoms with Gasteiger partial charge in [-0.1, -0.05) is 13.3 Å². The average Bonchev–Trinajstić information content (AvgIpc) is 2.33. The van der Waals surface area contributed by atoms with E-state index in [2.05, 4.69) is 6.92 Å². The summed E-state index contributed by atoms with van der Waals surface area (Å²) in [5.41, 5.74) is 0. The Labute approximate surface area is 44.9 Å². The van der Waals surface area contributed by atoms with E-state index in [0.717, 1.165) is 5.92 Å². The van der Waals surface area contributed by atoms with Crippen LogP contribution in [0.2, 0.25) is 0 Å². The fourth-order valence-electron chi connectivity index (χ4n) is 1.99. The summed E-state index contributed by atoms with van der Waals surface area (Å²) < 4.78 is 0. The zero-order valence-corrected chi connectivity index (χ0v) is 4.85. The molecule has 0 heterocycles. The minimum Gasteiger partial charge on any atom is -0.0622 e. The maximum absolute atomic E-state index is 2.40. The Kier molecular flexibility index (Phi) is 0.586. The predicted molar refractivity (Wildman–Crippen MR) is 30.0 cm³/mol. The van der Waals surface area contributed by atoms with Crippen LogP contribution in [0.25, 0.3) is 0 Å². The van der Waals surface area contributed by atoms with Gasteiger partial charge in [-0.25, -0.2) is 0 Å². The van der Waals surface area contributed by atoms with Crippen molar-refractivity contribution in [3.63, 3.8) is 0 Å². The Hall–Kier alpha value is 0. The van der Waals surface area contributed by atoms with Crippen molar-refractivity contribution >= 4 is 0 Å². The molecule has 0 amide bonds. The first kappa shape index (κ1) is 3.94. The molecule has 7 heavy (non-hydrogen) atoms. The number of rotatable bonds is 0. The van der Waals surface area contributed by atoms with Crippen molar-refractivity contribution in [3.05, 3.63) is 0 Å². The molecule has 2 rings (SSSR count). The third-order valence-corrected chi connectivity index (χ3v) is 2.70. The highest BCUT2D eigenvalue weighted by molar-refractivity contribution is 4.95. The second-order valence-corrected chi connectivity index (χ2v) is 3.21. The van der Waals surface area contributed by atoms with E-state index in [-0.39, 0.29) is 0 Å². The van der Waals surface area contributed by atoms with E-state index in [4.69, 9.17) is 0 Å². The minimum absolute atomic E-state index is 1.09. The molecular weight excluding hydrogens is 84.1 g/mol. The van der Waals surface area contributed by atoms with E-state index < -0.39 is 0 Å². The summed E-state index contributed by atoms with van der Waals surface area (Å²) in [7, 11) is 0. The number of hydrogen-bond donors (Lipinski definition) is 0. The zero-order chi connectivity index (χ0) is 4.85. The van der Waals surface area contributed by atoms with Gasteiger partial charge in [0.1, 0.15) is 0 Å². The van der Waals surface area contributed by atoms with Crippen LogP contribution in [0.4, 0.5) is 0 Å². The molecule has 0 heteroatoms. The van der Waals surface area contributed by atoms with Gasteiger partial charge in [-0.15, -0.1) is 0 Å². The van der Waals surface area contributed by atoms with Crippen LogP contribution in [0, 0.1) is 17.8 Å². The van der Waals surface area contributed by atoms with E-state index in [1.807, 2.05) is 0 Å². The van der Waals surface area contributed by atoms with Gasteiger partial charge in [0.15, 0.2) is 0 Å². The van der Waals surface area contributed by atoms with Crippen LogP contribution in [0.1, 0.15) is 26.2 Å². The first-order chi connectivity index (χ1) is 3.38. The summed E-state index contributed by atoms with van der Waals surface area (Å²) in [6.45, 7) is 2.40. The van der Waals surface area contributed by atoms with E-state index in [1.165, 1.54) is 18.3 Å². The predicted octanol–water partition coefficient (Wildman–Crippen LogP) is 2.05. The van der Waals surface area contributed by atoms with Crippen LogP contribution in [-0.2, 0) is 0 Å². The van der Waals surface area contributed by atoms with Crippen LogP contribution in [-0.4, -0.2) is 0 Å². The summed E-state index contributed by atoms with van der Waals surface area (Å²) in [5, 5.41) is 0. The normalized spacial score (nSPS) is 57.0. The van der Waals surface area contributed by atoms with E-state index in [0.29, 0.717) is 0 Å². The van der Waals surface area contributed by atoms with E-state index in [1.54, 1.807) is 12.8 Å². The molecule has 0 radical (unpaired) electrons. The average molecular weight is 96.2 g/mol. The topological polar surface area (TPSA) is 0 Å². The Morgan fingerprint density at radius 2 is 2.14 bits per heavy atom. The standard InChI is InChI=1S/C7H12/c1-5-2-3-6-4-7(5)6/h5-7H,2-4H2,1H3/t5?,6-,7+/m0/s1. The van der Waals surface area contributed by atoms with Gasteiger partial charge in [0.2, 0.25) is 0 Å². The van der Waals surface area contributed by atoms with Crippen molar-refractivity contribution in [2.75, 3.05) is 0 Å². The Balaban J connectivity index is 2.08. The lowest BCUT2D eigenvalue weighted by molar-refractivity contribution is 0.530. The van der Waals surface area contributed by atoms with Crippen molar-refractivity contribution in [2.45, 2.75) is 26.2 Å². The lowest BCUT2D eigenvalue weighted by Gasteiger charge is -1.98. The molecule has 0 aromatic carbocycles. The molecule has 0 N–H and O–H groups in total. The molecular formula is C7H12. The fourth-order valence-corrected chi connectivity index (χ4v) is 1.99. The third-order valence-electron chi connectivity index (χ3n) is 2.70. The molecule has 40 valence electrons. The second-order valence-electron chi connectivity index (χ2n) is 3.21. The van der Waals surface area contributed by atoms with Crippen LogP contribution < -0.4 is 0 Å². The maximum Gasteiger partial charge on any atom is -0.0357 e. The molecule has 0 aromatic heterocycles. The highest BCUT2D eigenvalue weighted by Gasteiger charge is 2.45. The van der Waals surface area contributed by atoms with Gasteiger partial charge >= 0.3 is 0 Å². The van der Waals surface area contributed by atoms with E-state index in [9.17, 15) is 0 Å². The van der Waals surface area contributed by atoms with Crippen molar-refractivity contribution in [1.82, 2.24) is 0 Å². The summed E-state index contributed by atoms with van der Waals surface area (Å²) in [4.78, 5) is 0. The van der Waals surface area contributed by atoms with Crippen molar-refractivity contribution in [3.8, 4) is 0 Å². The van der Waals surface area contributed by atoms with Crippen molar-refractivity contribution < 1.29 is 0 Å². The van der Waals surface area contributed by atoms with E-state index >= 15 is 0 Å². The lowest BCUT2D eigenvalue weighted by Crippen LogP contribution is -1.88. The van der Waals surface area contributed by atoms with Crippen LogP contribution in [0.5, 0.6) is 0 Å². The number of fused-ring (bicyclic) bond motifs is 1. The summed E-state index contributed by atoms with van der Waals surface area (Å²) in [6, 6.07) is 0. The molecule has 1 unspecified atom stereocenters. The largest absolute Gasteiger partial charge is 0.0622 e. The maximum atomic E-state index is 2.40. The highest BCUT2D eigenvalue weighted by atomic mass is 14.5. The zero-order valence-electron chi connectivity index (χ0n) is 4.85. The molecule has 0 nitrogen and oxygen atoms in total. The molecule has 2 fully saturated rings. The minimum atomic E-state index is 1.09. The molecule has 3 atom stereocenters. The van der Waals surface area contributed by atoms with Gasteiger partial charge in [-0.2, -0.15) is 0 Å². The van der Waals surface area contributed by atoms with Gasteiger partial charge < -0.3 is 0 Å². The SMILES string of the molecule is CC1CC[C@H]2C[C@H]12. The van der Waals surface area contributed by atoms with Crippen molar-refractivity contribution in [2.24, 2.45) is 17.8 Å². The molecule has 0 aromatic rings. The van der Waals surface area contributed by atoms with Gasteiger partial charge in [0.25, 0.3) is 0 Å². The highest BCUT2D eigenvalue weighted by Crippen LogP contribution is 2.54. The van der Waals surface area contributed by atoms with Crippen LogP contribution in [0.3, 0.4) is 0 Å². The Morgan fingerprint density at radius 3 is 2.29 bits per heavy atom. The first-order valence-corrected chi connectivity index (χ1v) is 3.38. The number of hydrogen-bond acceptors (Lipinski definition) is 0. The Morgan fingerprint density at radius 1 is 1.29 bits per heavy atom. The summed E-state index contributed by atoms with van der Waals surface area (Å²) in [6.07, 6.45) is 4.64. The van der Waals surface area contributed by atoms with Crippen LogP contribution in [0.15, 0.2) is 0 Å². The molecule has 0 aliphatic heterocycles. The van der Waals surface area contributed by atoms with Crippen LogP contribution >= 0.6 is 0 Å². The van der Waals surface area contributed by atoms with Gasteiger partial charge in [-0.3, -0.25) is 0 Å². The molecule has 2 aliphatic rings. The van der Waals surface area contributed by atoms with Crippen molar-refractivity contribution in [1.29, 1.82) is 0 Å².